The number of nitrogens with one attached hydrogen (secondary N) is 2. The number of carbonyl (C=O) groups is 5. The number of primary amides is 2. The fourth-order valence-corrected chi connectivity index (χ4v) is 4.18. The molecule has 15 heteroatoms. The zero-order valence-electron chi connectivity index (χ0n) is 18.1. The SMILES string of the molecule is CCOC(=O)C1=C(C)N(NC(N)=O)C2(N)N(NC(N)=O)C(C)=C(C(=O)OC)C12C(=O)OC. The molecule has 0 saturated carbocycles. The van der Waals surface area contributed by atoms with E-state index in [2.05, 4.69) is 10.9 Å². The van der Waals surface area contributed by atoms with Crippen LogP contribution in [0.4, 0.5) is 9.59 Å². The molecule has 0 fully saturated rings. The van der Waals surface area contributed by atoms with E-state index in [-0.39, 0.29) is 18.0 Å². The molecular weight excluding hydrogens is 430 g/mol. The number of hydrazine groups is 2. The van der Waals surface area contributed by atoms with Gasteiger partial charge in [-0.15, -0.1) is 0 Å². The molecule has 4 amide bonds. The molecule has 0 radical (unpaired) electrons. The molecule has 2 atom stereocenters. The standard InChI is InChI=1S/C17H25N7O8/c1-6-32-12(26)10-8(3)24(22-15(19)29)17(20)16(10,13(27)31-5)9(11(25)30-4)7(2)23(17)21-14(18)28/h6,20H2,1-5H3,(H3,18,21,28)(H3,19,22,29). The van der Waals surface area contributed by atoms with Crippen molar-refractivity contribution in [3.8, 4) is 0 Å². The summed E-state index contributed by atoms with van der Waals surface area (Å²) in [4.78, 5) is 62.9. The molecule has 0 saturated heterocycles. The highest BCUT2D eigenvalue weighted by Crippen LogP contribution is 2.60. The highest BCUT2D eigenvalue weighted by molar-refractivity contribution is 6.11. The predicted molar refractivity (Wildman–Crippen MR) is 105 cm³/mol. The second kappa shape index (κ2) is 8.26. The first kappa shape index (κ1) is 24.3. The molecule has 2 rings (SSSR count). The molecule has 15 nitrogen and oxygen atoms in total. The second-order valence-electron chi connectivity index (χ2n) is 6.72. The first-order valence-electron chi connectivity index (χ1n) is 9.15. The summed E-state index contributed by atoms with van der Waals surface area (Å²) in [5, 5.41) is 1.68. The Hall–Kier alpha value is -4.01. The minimum Gasteiger partial charge on any atom is -0.468 e. The van der Waals surface area contributed by atoms with Gasteiger partial charge in [-0.25, -0.2) is 40.0 Å². The van der Waals surface area contributed by atoms with Crippen molar-refractivity contribution >= 4 is 30.0 Å². The Kier molecular flexibility index (Phi) is 6.26. The molecule has 32 heavy (non-hydrogen) atoms. The van der Waals surface area contributed by atoms with Gasteiger partial charge in [0.25, 0.3) is 0 Å². The summed E-state index contributed by atoms with van der Waals surface area (Å²) < 4.78 is 14.9. The first-order chi connectivity index (χ1) is 14.9. The zero-order chi connectivity index (χ0) is 24.6. The van der Waals surface area contributed by atoms with E-state index < -0.39 is 52.3 Å². The Morgan fingerprint density at radius 2 is 1.31 bits per heavy atom. The van der Waals surface area contributed by atoms with E-state index in [1.165, 1.54) is 20.8 Å². The Morgan fingerprint density at radius 1 is 0.875 bits per heavy atom. The maximum absolute atomic E-state index is 13.4. The summed E-state index contributed by atoms with van der Waals surface area (Å²) in [7, 11) is 2.03. The molecule has 2 unspecified atom stereocenters. The van der Waals surface area contributed by atoms with Crippen LogP contribution in [0, 0.1) is 5.41 Å². The molecule has 176 valence electrons. The van der Waals surface area contributed by atoms with Gasteiger partial charge in [0.05, 0.1) is 32.0 Å². The zero-order valence-corrected chi connectivity index (χ0v) is 18.1. The molecule has 8 N–H and O–H groups in total. The average molecular weight is 455 g/mol. The van der Waals surface area contributed by atoms with Gasteiger partial charge < -0.3 is 25.7 Å². The van der Waals surface area contributed by atoms with Crippen LogP contribution in [0.1, 0.15) is 20.8 Å². The molecule has 0 spiro atoms. The van der Waals surface area contributed by atoms with Crippen molar-refractivity contribution in [2.45, 2.75) is 26.6 Å². The van der Waals surface area contributed by atoms with Crippen molar-refractivity contribution in [1.29, 1.82) is 0 Å². The number of hydrogen-bond donors (Lipinski definition) is 5. The predicted octanol–water partition coefficient (Wildman–Crippen LogP) is -2.16. The molecule has 0 aromatic rings. The smallest absolute Gasteiger partial charge is 0.337 e. The third-order valence-corrected chi connectivity index (χ3v) is 5.18. The van der Waals surface area contributed by atoms with Gasteiger partial charge in [-0.05, 0) is 20.8 Å². The van der Waals surface area contributed by atoms with Gasteiger partial charge in [-0.1, -0.05) is 0 Å². The van der Waals surface area contributed by atoms with E-state index in [1.54, 1.807) is 0 Å². The van der Waals surface area contributed by atoms with Gasteiger partial charge in [0.1, 0.15) is 0 Å². The lowest BCUT2D eigenvalue weighted by Crippen LogP contribution is -2.77. The van der Waals surface area contributed by atoms with E-state index in [4.69, 9.17) is 31.4 Å². The van der Waals surface area contributed by atoms with Crippen molar-refractivity contribution in [3.63, 3.8) is 0 Å². The first-order valence-corrected chi connectivity index (χ1v) is 9.15. The summed E-state index contributed by atoms with van der Waals surface area (Å²) in [6.45, 7) is 4.03. The number of fused-ring (bicyclic) bond motifs is 1. The van der Waals surface area contributed by atoms with Crippen molar-refractivity contribution in [1.82, 2.24) is 20.9 Å². The van der Waals surface area contributed by atoms with Crippen LogP contribution in [0.3, 0.4) is 0 Å². The number of nitrogens with zero attached hydrogens (tertiary/aromatic N) is 2. The molecule has 2 aliphatic rings. The summed E-state index contributed by atoms with van der Waals surface area (Å²) in [5.74, 6) is -5.73. The van der Waals surface area contributed by atoms with Crippen LogP contribution < -0.4 is 28.1 Å². The average Bonchev–Trinajstić information content (AvgIpc) is 3.02. The van der Waals surface area contributed by atoms with Crippen LogP contribution in [0.15, 0.2) is 22.5 Å². The fraction of sp³-hybridized carbons (Fsp3) is 0.471. The second-order valence-corrected chi connectivity index (χ2v) is 6.72. The molecule has 2 heterocycles. The number of nitrogens with two attached hydrogens (primary N) is 3. The van der Waals surface area contributed by atoms with E-state index in [0.717, 1.165) is 24.2 Å². The van der Waals surface area contributed by atoms with Crippen LogP contribution in [0.25, 0.3) is 0 Å². The third-order valence-electron chi connectivity index (χ3n) is 5.18. The number of methoxy groups -OCH3 is 2. The number of amides is 4. The molecular formula is C17H25N7O8. The number of esters is 3. The number of ether oxygens (including phenoxy) is 3. The van der Waals surface area contributed by atoms with Crippen molar-refractivity contribution in [2.24, 2.45) is 22.6 Å². The molecule has 0 aliphatic carbocycles. The lowest BCUT2D eigenvalue weighted by atomic mass is 9.71. The number of hydrogen-bond acceptors (Lipinski definition) is 11. The highest BCUT2D eigenvalue weighted by atomic mass is 16.5. The number of rotatable bonds is 6. The Bertz CT molecular complexity index is 961. The van der Waals surface area contributed by atoms with Gasteiger partial charge in [0.15, 0.2) is 5.41 Å². The largest absolute Gasteiger partial charge is 0.468 e. The molecule has 0 bridgehead atoms. The van der Waals surface area contributed by atoms with Crippen molar-refractivity contribution in [2.75, 3.05) is 20.8 Å². The van der Waals surface area contributed by atoms with Crippen LogP contribution in [0.2, 0.25) is 0 Å². The number of carbonyl (C=O) groups excluding carboxylic acids is 5. The van der Waals surface area contributed by atoms with E-state index in [1.807, 2.05) is 0 Å². The summed E-state index contributed by atoms with van der Waals surface area (Å²) in [6.07, 6.45) is 0. The topological polar surface area (TPSA) is 222 Å². The van der Waals surface area contributed by atoms with Gasteiger partial charge >= 0.3 is 30.0 Å². The normalized spacial score (nSPS) is 24.2. The van der Waals surface area contributed by atoms with Crippen molar-refractivity contribution in [3.05, 3.63) is 22.5 Å². The number of urea groups is 2. The molecule has 0 aromatic carbocycles. The summed E-state index contributed by atoms with van der Waals surface area (Å²) >= 11 is 0. The Morgan fingerprint density at radius 3 is 1.66 bits per heavy atom. The third kappa shape index (κ3) is 2.96. The lowest BCUT2D eigenvalue weighted by molar-refractivity contribution is -0.168. The van der Waals surface area contributed by atoms with Gasteiger partial charge in [0, 0.05) is 11.4 Å². The summed E-state index contributed by atoms with van der Waals surface area (Å²) in [6, 6.07) is -2.28. The maximum atomic E-state index is 13.4. The van der Waals surface area contributed by atoms with E-state index in [9.17, 15) is 24.0 Å². The van der Waals surface area contributed by atoms with E-state index >= 15 is 0 Å². The lowest BCUT2D eigenvalue weighted by Gasteiger charge is -2.47. The van der Waals surface area contributed by atoms with Crippen LogP contribution in [-0.4, -0.2) is 66.6 Å². The number of allylic oxidation sites excluding steroid dienone is 2. The summed E-state index contributed by atoms with van der Waals surface area (Å²) in [5.41, 5.74) is 18.0. The van der Waals surface area contributed by atoms with Crippen LogP contribution >= 0.6 is 0 Å². The minimum absolute atomic E-state index is 0.104. The van der Waals surface area contributed by atoms with Gasteiger partial charge in [-0.3, -0.25) is 10.5 Å². The monoisotopic (exact) mass is 455 g/mol. The molecule has 0 aromatic heterocycles. The Balaban J connectivity index is 3.08. The minimum atomic E-state index is -2.47. The molecule has 2 aliphatic heterocycles. The van der Waals surface area contributed by atoms with Crippen molar-refractivity contribution < 1.29 is 38.2 Å². The van der Waals surface area contributed by atoms with Crippen LogP contribution in [0.5, 0.6) is 0 Å². The fourth-order valence-electron chi connectivity index (χ4n) is 4.18. The Labute approximate surface area is 182 Å². The van der Waals surface area contributed by atoms with Gasteiger partial charge in [0.2, 0.25) is 5.79 Å². The van der Waals surface area contributed by atoms with Gasteiger partial charge in [-0.2, -0.15) is 0 Å². The van der Waals surface area contributed by atoms with E-state index in [0.29, 0.717) is 0 Å². The highest BCUT2D eigenvalue weighted by Gasteiger charge is 2.78. The quantitative estimate of drug-likeness (QED) is 0.214. The maximum Gasteiger partial charge on any atom is 0.337 e. The van der Waals surface area contributed by atoms with Crippen LogP contribution in [-0.2, 0) is 28.6 Å².